The summed E-state index contributed by atoms with van der Waals surface area (Å²) in [7, 11) is 0. The average molecular weight is 368 g/mol. The Kier molecular flexibility index (Phi) is 5.05. The molecule has 1 aromatic carbocycles. The molecule has 1 saturated heterocycles. The molecule has 0 radical (unpaired) electrons. The van der Waals surface area contributed by atoms with Crippen LogP contribution < -0.4 is 10.6 Å². The van der Waals surface area contributed by atoms with E-state index in [4.69, 9.17) is 0 Å². The largest absolute Gasteiger partial charge is 0.393 e. The van der Waals surface area contributed by atoms with Gasteiger partial charge in [0.25, 0.3) is 0 Å². The summed E-state index contributed by atoms with van der Waals surface area (Å²) in [5.74, 6) is 0.0345. The third kappa shape index (κ3) is 4.09. The van der Waals surface area contributed by atoms with Crippen LogP contribution in [0.5, 0.6) is 0 Å². The molecule has 1 atom stereocenters. The number of hydrogen-bond donors (Lipinski definition) is 3. The monoisotopic (exact) mass is 368 g/mol. The van der Waals surface area contributed by atoms with Crippen molar-refractivity contribution in [3.63, 3.8) is 0 Å². The fourth-order valence-corrected chi connectivity index (χ4v) is 3.88. The summed E-state index contributed by atoms with van der Waals surface area (Å²) in [6.45, 7) is 1.68. The van der Waals surface area contributed by atoms with Crippen LogP contribution in [0.15, 0.2) is 36.5 Å². The molecular weight excluding hydrogens is 344 g/mol. The van der Waals surface area contributed by atoms with E-state index in [9.17, 15) is 14.7 Å². The van der Waals surface area contributed by atoms with E-state index in [-0.39, 0.29) is 43.0 Å². The van der Waals surface area contributed by atoms with Crippen LogP contribution in [-0.2, 0) is 9.59 Å². The summed E-state index contributed by atoms with van der Waals surface area (Å²) in [4.78, 5) is 30.5. The Morgan fingerprint density at radius 2 is 2.19 bits per heavy atom. The van der Waals surface area contributed by atoms with Crippen molar-refractivity contribution < 1.29 is 14.7 Å². The smallest absolute Gasteiger partial charge is 0.234 e. The van der Waals surface area contributed by atoms with E-state index >= 15 is 0 Å². The molecule has 1 aliphatic heterocycles. The molecule has 1 saturated carbocycles. The molecule has 2 fully saturated rings. The molecule has 7 nitrogen and oxygen atoms in total. The fraction of sp³-hybridized carbons (Fsp3) is 0.450. The van der Waals surface area contributed by atoms with Crippen molar-refractivity contribution in [1.29, 1.82) is 0 Å². The minimum absolute atomic E-state index is 0.0496. The molecule has 2 aliphatic rings. The predicted molar refractivity (Wildman–Crippen MR) is 101 cm³/mol. The van der Waals surface area contributed by atoms with E-state index in [1.54, 1.807) is 0 Å². The number of nitrogens with one attached hydrogen (secondary N) is 2. The van der Waals surface area contributed by atoms with Gasteiger partial charge in [0.1, 0.15) is 0 Å². The van der Waals surface area contributed by atoms with Gasteiger partial charge in [0, 0.05) is 24.7 Å². The lowest BCUT2D eigenvalue weighted by Crippen LogP contribution is -2.51. The summed E-state index contributed by atoms with van der Waals surface area (Å²) < 4.78 is 0. The summed E-state index contributed by atoms with van der Waals surface area (Å²) in [5, 5.41) is 16.6. The van der Waals surface area contributed by atoms with Gasteiger partial charge in [-0.15, -0.1) is 0 Å². The van der Waals surface area contributed by atoms with E-state index in [0.717, 1.165) is 16.5 Å². The Bertz CT molecular complexity index is 850. The second-order valence-electron chi connectivity index (χ2n) is 7.45. The molecular formula is C20H24N4O3. The molecule has 0 unspecified atom stereocenters. The molecule has 2 amide bonds. The van der Waals surface area contributed by atoms with Gasteiger partial charge in [-0.2, -0.15) is 0 Å². The molecule has 1 aromatic heterocycles. The molecule has 0 bridgehead atoms. The van der Waals surface area contributed by atoms with E-state index in [0.29, 0.717) is 25.9 Å². The number of nitrogens with zero attached hydrogens (tertiary/aromatic N) is 2. The molecule has 3 N–H and O–H groups in total. The highest BCUT2D eigenvalue weighted by molar-refractivity contribution is 5.82. The lowest BCUT2D eigenvalue weighted by atomic mass is 9.75. The normalized spacial score (nSPS) is 24.1. The molecule has 0 spiro atoms. The zero-order chi connectivity index (χ0) is 18.8. The number of fused-ring (bicyclic) bond motifs is 1. The zero-order valence-electron chi connectivity index (χ0n) is 15.1. The van der Waals surface area contributed by atoms with Gasteiger partial charge in [0.2, 0.25) is 11.8 Å². The second-order valence-corrected chi connectivity index (χ2v) is 7.45. The van der Waals surface area contributed by atoms with Crippen LogP contribution in [0, 0.1) is 5.92 Å². The SMILES string of the molecule is O=C1CN(CC(=O)N[C@H](c2cnc3ccccc3c2)C2CC(O)C2)CCN1. The zero-order valence-corrected chi connectivity index (χ0v) is 15.1. The van der Waals surface area contributed by atoms with Gasteiger partial charge in [-0.3, -0.25) is 19.5 Å². The number of carbonyl (C=O) groups is 2. The van der Waals surface area contributed by atoms with Crippen molar-refractivity contribution in [2.24, 2.45) is 5.92 Å². The summed E-state index contributed by atoms with van der Waals surface area (Å²) in [6, 6.07) is 9.76. The summed E-state index contributed by atoms with van der Waals surface area (Å²) in [5.41, 5.74) is 1.87. The lowest BCUT2D eigenvalue weighted by molar-refractivity contribution is -0.127. The number of para-hydroxylation sites is 1. The van der Waals surface area contributed by atoms with Gasteiger partial charge in [-0.05, 0) is 36.5 Å². The van der Waals surface area contributed by atoms with Gasteiger partial charge in [0.05, 0.1) is 30.8 Å². The summed E-state index contributed by atoms with van der Waals surface area (Å²) >= 11 is 0. The number of piperazine rings is 1. The number of amides is 2. The van der Waals surface area contributed by atoms with Gasteiger partial charge in [-0.25, -0.2) is 0 Å². The lowest BCUT2D eigenvalue weighted by Gasteiger charge is -2.38. The van der Waals surface area contributed by atoms with Crippen LogP contribution in [0.1, 0.15) is 24.4 Å². The Morgan fingerprint density at radius 3 is 2.96 bits per heavy atom. The molecule has 142 valence electrons. The third-order valence-electron chi connectivity index (χ3n) is 5.39. The first-order valence-electron chi connectivity index (χ1n) is 9.39. The topological polar surface area (TPSA) is 94.6 Å². The van der Waals surface area contributed by atoms with Crippen molar-refractivity contribution >= 4 is 22.7 Å². The van der Waals surface area contributed by atoms with Crippen LogP contribution in [0.2, 0.25) is 0 Å². The second kappa shape index (κ2) is 7.62. The van der Waals surface area contributed by atoms with Crippen LogP contribution in [0.4, 0.5) is 0 Å². The van der Waals surface area contributed by atoms with Crippen LogP contribution in [0.25, 0.3) is 10.9 Å². The highest BCUT2D eigenvalue weighted by atomic mass is 16.3. The van der Waals surface area contributed by atoms with Crippen molar-refractivity contribution in [3.05, 3.63) is 42.1 Å². The molecule has 4 rings (SSSR count). The first-order valence-corrected chi connectivity index (χ1v) is 9.39. The number of hydrogen-bond acceptors (Lipinski definition) is 5. The number of benzene rings is 1. The Morgan fingerprint density at radius 1 is 1.37 bits per heavy atom. The number of aliphatic hydroxyl groups is 1. The Labute approximate surface area is 157 Å². The van der Waals surface area contributed by atoms with Crippen LogP contribution in [-0.4, -0.2) is 59.1 Å². The van der Waals surface area contributed by atoms with Crippen LogP contribution >= 0.6 is 0 Å². The molecule has 27 heavy (non-hydrogen) atoms. The minimum atomic E-state index is -0.298. The van der Waals surface area contributed by atoms with Gasteiger partial charge < -0.3 is 15.7 Å². The maximum atomic E-state index is 12.6. The molecule has 1 aliphatic carbocycles. The highest BCUT2D eigenvalue weighted by Gasteiger charge is 2.36. The molecule has 2 heterocycles. The first kappa shape index (κ1) is 17.9. The van der Waals surface area contributed by atoms with Crippen molar-refractivity contribution in [2.45, 2.75) is 25.0 Å². The van der Waals surface area contributed by atoms with Crippen molar-refractivity contribution in [2.75, 3.05) is 26.2 Å². The van der Waals surface area contributed by atoms with Crippen LogP contribution in [0.3, 0.4) is 0 Å². The minimum Gasteiger partial charge on any atom is -0.393 e. The van der Waals surface area contributed by atoms with Crippen molar-refractivity contribution in [3.8, 4) is 0 Å². The summed E-state index contributed by atoms with van der Waals surface area (Å²) in [6.07, 6.45) is 2.86. The number of aliphatic hydroxyl groups excluding tert-OH is 1. The van der Waals surface area contributed by atoms with E-state index in [1.165, 1.54) is 0 Å². The number of carbonyl (C=O) groups excluding carboxylic acids is 2. The van der Waals surface area contributed by atoms with E-state index in [2.05, 4.69) is 21.7 Å². The Hall–Kier alpha value is -2.51. The average Bonchev–Trinajstić information content (AvgIpc) is 2.63. The maximum Gasteiger partial charge on any atom is 0.234 e. The van der Waals surface area contributed by atoms with E-state index < -0.39 is 0 Å². The highest BCUT2D eigenvalue weighted by Crippen LogP contribution is 2.38. The van der Waals surface area contributed by atoms with E-state index in [1.807, 2.05) is 35.4 Å². The Balaban J connectivity index is 1.50. The third-order valence-corrected chi connectivity index (χ3v) is 5.39. The molecule has 2 aromatic rings. The predicted octanol–water partition coefficient (Wildman–Crippen LogP) is 0.595. The van der Waals surface area contributed by atoms with Gasteiger partial charge in [-0.1, -0.05) is 18.2 Å². The number of aromatic nitrogens is 1. The number of rotatable bonds is 5. The maximum absolute atomic E-state index is 12.6. The quantitative estimate of drug-likeness (QED) is 0.718. The van der Waals surface area contributed by atoms with Gasteiger partial charge >= 0.3 is 0 Å². The standard InChI is InChI=1S/C20H24N4O3/c25-16-8-14(9-16)20(15-7-13-3-1-2-4-17(13)22-10-15)23-19(27)12-24-6-5-21-18(26)11-24/h1-4,7,10,14,16,20,25H,5-6,8-9,11-12H2,(H,21,26)(H,23,27)/t14?,16?,20-/m0/s1. The van der Waals surface area contributed by atoms with Gasteiger partial charge in [0.15, 0.2) is 0 Å². The number of pyridine rings is 1. The molecule has 7 heteroatoms. The first-order chi connectivity index (χ1) is 13.1. The fourth-order valence-electron chi connectivity index (χ4n) is 3.88. The van der Waals surface area contributed by atoms with Crippen molar-refractivity contribution in [1.82, 2.24) is 20.5 Å².